The van der Waals surface area contributed by atoms with Gasteiger partial charge in [0.25, 0.3) is 0 Å². The molecule has 1 N–H and O–H groups in total. The number of aliphatic hydroxyl groups is 1. The zero-order chi connectivity index (χ0) is 44.8. The largest absolute Gasteiger partial charge is 0.459 e. The first kappa shape index (κ1) is 40.1. The lowest BCUT2D eigenvalue weighted by molar-refractivity contribution is -0.164. The number of ether oxygens (including phenoxy) is 2. The van der Waals surface area contributed by atoms with E-state index in [0.717, 1.165) is 26.2 Å². The molecule has 3 aromatic heterocycles. The number of aliphatic hydroxyl groups excluding tert-OH is 1. The van der Waals surface area contributed by atoms with Crippen LogP contribution in [-0.2, 0) is 37.7 Å². The van der Waals surface area contributed by atoms with Crippen molar-refractivity contribution in [2.75, 3.05) is 0 Å². The third-order valence-electron chi connectivity index (χ3n) is 12.6. The van der Waals surface area contributed by atoms with E-state index >= 15 is 9.59 Å². The Kier molecular flexibility index (Phi) is 9.34. The molecule has 3 heterocycles. The van der Waals surface area contributed by atoms with Crippen LogP contribution in [0.3, 0.4) is 0 Å². The molecule has 12 rings (SSSR count). The highest BCUT2D eigenvalue weighted by atomic mass is 32.1. The molecule has 0 aliphatic heterocycles. The van der Waals surface area contributed by atoms with E-state index in [-0.39, 0.29) is 30.1 Å². The Balaban J connectivity index is 1.01. The molecular weight excluding hydrogens is 885 g/mol. The van der Waals surface area contributed by atoms with Gasteiger partial charge in [0, 0.05) is 47.8 Å². The molecule has 66 heavy (non-hydrogen) atoms. The topological polar surface area (TPSA) is 124 Å². The second kappa shape index (κ2) is 15.4. The van der Waals surface area contributed by atoms with E-state index < -0.39 is 35.0 Å². The van der Waals surface area contributed by atoms with Gasteiger partial charge in [-0.3, -0.25) is 24.0 Å². The number of thiophene rings is 3. The Morgan fingerprint density at radius 2 is 1.08 bits per heavy atom. The fourth-order valence-electron chi connectivity index (χ4n) is 9.42. The smallest absolute Gasteiger partial charge is 0.333 e. The van der Waals surface area contributed by atoms with Crippen LogP contribution in [0.5, 0.6) is 0 Å². The molecular formula is C55H32O8S3. The number of esters is 2. The van der Waals surface area contributed by atoms with Gasteiger partial charge in [0.2, 0.25) is 5.41 Å². The first-order valence-corrected chi connectivity index (χ1v) is 23.6. The van der Waals surface area contributed by atoms with Crippen LogP contribution in [-0.4, -0.2) is 34.4 Å². The molecule has 318 valence electrons. The molecule has 11 heteroatoms. The van der Waals surface area contributed by atoms with Crippen molar-refractivity contribution >= 4 is 106 Å². The number of Topliss-reactive ketones (excluding diaryl/α,β-unsaturated/α-hetero) is 3. The number of hydrogen-bond acceptors (Lipinski definition) is 11. The van der Waals surface area contributed by atoms with Crippen LogP contribution in [0.2, 0.25) is 0 Å². The Hall–Kier alpha value is -7.41. The molecule has 9 aromatic rings. The van der Waals surface area contributed by atoms with Gasteiger partial charge in [0.15, 0.2) is 17.3 Å². The third-order valence-corrected chi connectivity index (χ3v) is 16.2. The first-order valence-electron chi connectivity index (χ1n) is 21.1. The van der Waals surface area contributed by atoms with Crippen LogP contribution in [0, 0.1) is 0 Å². The summed E-state index contributed by atoms with van der Waals surface area (Å²) < 4.78 is 13.7. The summed E-state index contributed by atoms with van der Waals surface area (Å²) in [4.78, 5) is 74.7. The van der Waals surface area contributed by atoms with Crippen molar-refractivity contribution in [1.29, 1.82) is 0 Å². The lowest BCUT2D eigenvalue weighted by Crippen LogP contribution is -2.45. The number of hydrogen-bond donors (Lipinski definition) is 1. The van der Waals surface area contributed by atoms with Gasteiger partial charge in [-0.2, -0.15) is 0 Å². The standard InChI is InChI=1S/C55H32O8S3/c56-46-37-19-31-15-7-8-16-32(31)20-38(37)47(57)41(46)23-35-25-43-50(64-35)52-45(55(43,53(60)62-27-29-11-3-1-4-12-29)54(61)63-28-30-13-5-2-6-14-30)51-44(66-52)26-36(65-51)24-42-48(58)39-21-33-17-9-10-18-34(33)22-40(39)49(42)59/h1-26,48,58H,27-28H2/b42-24+. The number of ketones is 3. The minimum atomic E-state index is -2.13. The molecule has 0 fully saturated rings. The maximum absolute atomic E-state index is 15.3. The molecule has 3 aliphatic rings. The van der Waals surface area contributed by atoms with Gasteiger partial charge in [-0.1, -0.05) is 109 Å². The normalized spacial score (nSPS) is 16.3. The number of rotatable bonds is 8. The lowest BCUT2D eigenvalue weighted by atomic mass is 9.79. The average molecular weight is 917 g/mol. The van der Waals surface area contributed by atoms with E-state index in [1.807, 2.05) is 127 Å². The summed E-state index contributed by atoms with van der Waals surface area (Å²) in [6.45, 7) is -0.251. The van der Waals surface area contributed by atoms with Crippen molar-refractivity contribution < 1.29 is 38.6 Å². The third kappa shape index (κ3) is 6.15. The molecule has 0 saturated heterocycles. The van der Waals surface area contributed by atoms with Crippen LogP contribution in [0.25, 0.3) is 52.9 Å². The maximum Gasteiger partial charge on any atom is 0.333 e. The Morgan fingerprint density at radius 3 is 1.65 bits per heavy atom. The van der Waals surface area contributed by atoms with Gasteiger partial charge in [0.1, 0.15) is 19.3 Å². The second-order valence-corrected chi connectivity index (χ2v) is 19.7. The summed E-state index contributed by atoms with van der Waals surface area (Å²) in [7, 11) is 0. The van der Waals surface area contributed by atoms with E-state index in [4.69, 9.17) is 9.47 Å². The zero-order valence-electron chi connectivity index (χ0n) is 34.5. The van der Waals surface area contributed by atoms with Crippen molar-refractivity contribution in [1.82, 2.24) is 0 Å². The predicted octanol–water partition coefficient (Wildman–Crippen LogP) is 11.9. The summed E-state index contributed by atoms with van der Waals surface area (Å²) in [5.41, 5.74) is 1.91. The van der Waals surface area contributed by atoms with Gasteiger partial charge >= 0.3 is 11.9 Å². The summed E-state index contributed by atoms with van der Waals surface area (Å²) >= 11 is 3.97. The van der Waals surface area contributed by atoms with Crippen molar-refractivity contribution in [3.8, 4) is 9.75 Å². The van der Waals surface area contributed by atoms with Gasteiger partial charge in [-0.15, -0.1) is 34.0 Å². The number of carbonyl (C=O) groups is 5. The first-order chi connectivity index (χ1) is 32.2. The zero-order valence-corrected chi connectivity index (χ0v) is 37.0. The maximum atomic E-state index is 15.3. The van der Waals surface area contributed by atoms with Crippen LogP contribution >= 0.6 is 34.0 Å². The minimum absolute atomic E-state index is 0.00639. The van der Waals surface area contributed by atoms with Crippen molar-refractivity contribution in [3.63, 3.8) is 0 Å². The lowest BCUT2D eigenvalue weighted by Gasteiger charge is -2.26. The number of carbonyl (C=O) groups excluding carboxylic acids is 5. The fraction of sp³-hybridized carbons (Fsp3) is 0.0727. The summed E-state index contributed by atoms with van der Waals surface area (Å²) in [5, 5.41) is 15.0. The average Bonchev–Trinajstić information content (AvgIpc) is 4.17. The van der Waals surface area contributed by atoms with E-state index in [2.05, 4.69) is 0 Å². The van der Waals surface area contributed by atoms with Crippen LogP contribution in [0.1, 0.15) is 74.7 Å². The number of allylic oxidation sites excluding steroid dienone is 1. The Labute approximate surface area is 388 Å². The van der Waals surface area contributed by atoms with Crippen molar-refractivity contribution in [3.05, 3.63) is 211 Å². The van der Waals surface area contributed by atoms with Crippen LogP contribution < -0.4 is 0 Å². The molecule has 0 bridgehead atoms. The molecule has 0 amide bonds. The Bertz CT molecular complexity index is 3550. The quantitative estimate of drug-likeness (QED) is 0.0692. The van der Waals surface area contributed by atoms with Crippen LogP contribution in [0.4, 0.5) is 0 Å². The second-order valence-electron chi connectivity index (χ2n) is 16.5. The predicted molar refractivity (Wildman–Crippen MR) is 258 cm³/mol. The van der Waals surface area contributed by atoms with E-state index in [0.29, 0.717) is 68.7 Å². The van der Waals surface area contributed by atoms with Crippen LogP contribution in [0.15, 0.2) is 157 Å². The highest BCUT2D eigenvalue weighted by molar-refractivity contribution is 7.32. The van der Waals surface area contributed by atoms with Gasteiger partial charge < -0.3 is 14.6 Å². The van der Waals surface area contributed by atoms with E-state index in [1.54, 1.807) is 30.4 Å². The van der Waals surface area contributed by atoms with E-state index in [1.165, 1.54) is 34.0 Å². The van der Waals surface area contributed by atoms with Crippen molar-refractivity contribution in [2.45, 2.75) is 24.7 Å². The fourth-order valence-corrected chi connectivity index (χ4v) is 13.4. The SMILES string of the molecule is O=C1C(=Cc2cc3c(s2)-c2sc4cc(/C=C5/C(=O)c6cc7ccccc7cc6C5O)sc4c2C3(C(=O)OCc2ccccc2)C(=O)OCc2ccccc2)C(=O)c2cc3ccccc3cc21. The number of benzene rings is 6. The van der Waals surface area contributed by atoms with Gasteiger partial charge in [0.05, 0.1) is 20.0 Å². The molecule has 0 radical (unpaired) electrons. The van der Waals surface area contributed by atoms with E-state index in [9.17, 15) is 19.5 Å². The van der Waals surface area contributed by atoms with Crippen molar-refractivity contribution in [2.24, 2.45) is 0 Å². The monoisotopic (exact) mass is 916 g/mol. The minimum Gasteiger partial charge on any atom is -0.459 e. The molecule has 8 nitrogen and oxygen atoms in total. The molecule has 6 aromatic carbocycles. The summed E-state index contributed by atoms with van der Waals surface area (Å²) in [5.74, 6) is -2.75. The summed E-state index contributed by atoms with van der Waals surface area (Å²) in [6, 6.07) is 44.4. The Morgan fingerprint density at radius 1 is 0.561 bits per heavy atom. The molecule has 1 unspecified atom stereocenters. The highest BCUT2D eigenvalue weighted by Gasteiger charge is 2.61. The molecule has 0 spiro atoms. The molecule has 0 saturated carbocycles. The summed E-state index contributed by atoms with van der Waals surface area (Å²) in [6.07, 6.45) is 2.10. The van der Waals surface area contributed by atoms with Gasteiger partial charge in [-0.25, -0.2) is 0 Å². The molecule has 1 atom stereocenters. The highest BCUT2D eigenvalue weighted by Crippen LogP contribution is 2.61. The molecule has 3 aliphatic carbocycles. The number of fused-ring (bicyclic) bond motifs is 9. The van der Waals surface area contributed by atoms with Gasteiger partial charge in [-0.05, 0) is 86.8 Å².